The average molecular weight is 243 g/mol. The molecule has 1 unspecified atom stereocenters. The van der Waals surface area contributed by atoms with Gasteiger partial charge in [0.05, 0.1) is 0 Å². The second kappa shape index (κ2) is 6.55. The summed E-state index contributed by atoms with van der Waals surface area (Å²) < 4.78 is 1.99. The number of hydrogen-bond acceptors (Lipinski definition) is 4. The van der Waals surface area contributed by atoms with Crippen molar-refractivity contribution >= 4 is 17.7 Å². The van der Waals surface area contributed by atoms with Crippen LogP contribution < -0.4 is 5.73 Å². The Balaban J connectivity index is 2.09. The van der Waals surface area contributed by atoms with Crippen LogP contribution in [0.2, 0.25) is 0 Å². The smallest absolute Gasteiger partial charge is 0.320 e. The van der Waals surface area contributed by atoms with Crippen molar-refractivity contribution in [1.82, 2.24) is 9.55 Å². The molecule has 1 aromatic rings. The van der Waals surface area contributed by atoms with Crippen molar-refractivity contribution in [3.63, 3.8) is 0 Å². The van der Waals surface area contributed by atoms with E-state index in [2.05, 4.69) is 4.98 Å². The molecule has 1 aromatic heterocycles. The highest BCUT2D eigenvalue weighted by atomic mass is 32.2. The third kappa shape index (κ3) is 4.24. The molecule has 0 aliphatic rings. The molecule has 0 spiro atoms. The fraction of sp³-hybridized carbons (Fsp3) is 0.600. The summed E-state index contributed by atoms with van der Waals surface area (Å²) in [5.74, 6) is 1.84. The molecule has 0 saturated carbocycles. The first-order chi connectivity index (χ1) is 7.61. The summed E-state index contributed by atoms with van der Waals surface area (Å²) in [6.45, 7) is 0. The number of aryl methyl sites for hydroxylation is 2. The SMILES string of the molecule is Cn1ccnc1CCSCCC(N)C(=O)O. The van der Waals surface area contributed by atoms with Crippen molar-refractivity contribution in [3.8, 4) is 0 Å². The van der Waals surface area contributed by atoms with Gasteiger partial charge in [-0.3, -0.25) is 4.79 Å². The van der Waals surface area contributed by atoms with Crippen LogP contribution in [-0.2, 0) is 18.3 Å². The van der Waals surface area contributed by atoms with E-state index in [1.807, 2.05) is 17.8 Å². The molecule has 0 radical (unpaired) electrons. The lowest BCUT2D eigenvalue weighted by atomic mass is 10.2. The number of imidazole rings is 1. The Morgan fingerprint density at radius 3 is 3.00 bits per heavy atom. The molecule has 16 heavy (non-hydrogen) atoms. The first kappa shape index (κ1) is 13.1. The minimum Gasteiger partial charge on any atom is -0.480 e. The predicted molar refractivity (Wildman–Crippen MR) is 64.5 cm³/mol. The van der Waals surface area contributed by atoms with Crippen LogP contribution in [0.5, 0.6) is 0 Å². The first-order valence-corrected chi connectivity index (χ1v) is 6.29. The molecule has 1 heterocycles. The van der Waals surface area contributed by atoms with Gasteiger partial charge in [-0.25, -0.2) is 4.98 Å². The van der Waals surface area contributed by atoms with Gasteiger partial charge in [0, 0.05) is 31.6 Å². The maximum Gasteiger partial charge on any atom is 0.320 e. The van der Waals surface area contributed by atoms with E-state index < -0.39 is 12.0 Å². The topological polar surface area (TPSA) is 81.1 Å². The summed E-state index contributed by atoms with van der Waals surface area (Å²) >= 11 is 1.71. The number of carboxylic acids is 1. The Kier molecular flexibility index (Phi) is 5.34. The lowest BCUT2D eigenvalue weighted by molar-refractivity contribution is -0.138. The standard InChI is InChI=1S/C10H17N3O2S/c1-13-5-4-12-9(13)3-7-16-6-2-8(11)10(14)15/h4-5,8H,2-3,6-7,11H2,1H3,(H,14,15). The zero-order valence-corrected chi connectivity index (χ0v) is 10.1. The van der Waals surface area contributed by atoms with Crippen molar-refractivity contribution < 1.29 is 9.90 Å². The molecule has 0 aliphatic carbocycles. The molecular weight excluding hydrogens is 226 g/mol. The van der Waals surface area contributed by atoms with E-state index >= 15 is 0 Å². The maximum atomic E-state index is 10.4. The molecule has 1 rings (SSSR count). The minimum absolute atomic E-state index is 0.514. The second-order valence-corrected chi connectivity index (χ2v) is 4.77. The van der Waals surface area contributed by atoms with Crippen LogP contribution in [0.25, 0.3) is 0 Å². The zero-order chi connectivity index (χ0) is 12.0. The maximum absolute atomic E-state index is 10.4. The van der Waals surface area contributed by atoms with Crippen molar-refractivity contribution in [1.29, 1.82) is 0 Å². The summed E-state index contributed by atoms with van der Waals surface area (Å²) in [6, 6.07) is -0.735. The van der Waals surface area contributed by atoms with Crippen molar-refractivity contribution in [2.45, 2.75) is 18.9 Å². The Morgan fingerprint density at radius 1 is 1.69 bits per heavy atom. The van der Waals surface area contributed by atoms with Gasteiger partial charge in [-0.05, 0) is 12.2 Å². The number of thioether (sulfide) groups is 1. The Morgan fingerprint density at radius 2 is 2.44 bits per heavy atom. The summed E-state index contributed by atoms with van der Waals surface area (Å²) in [6.07, 6.45) is 5.11. The van der Waals surface area contributed by atoms with Crippen molar-refractivity contribution in [3.05, 3.63) is 18.2 Å². The van der Waals surface area contributed by atoms with E-state index in [1.54, 1.807) is 18.0 Å². The molecule has 0 saturated heterocycles. The number of aliphatic carboxylic acids is 1. The van der Waals surface area contributed by atoms with Crippen LogP contribution in [0.4, 0.5) is 0 Å². The molecule has 90 valence electrons. The van der Waals surface area contributed by atoms with E-state index in [-0.39, 0.29) is 0 Å². The molecule has 0 amide bonds. The second-order valence-electron chi connectivity index (χ2n) is 3.55. The van der Waals surface area contributed by atoms with Crippen LogP contribution in [0.15, 0.2) is 12.4 Å². The molecule has 0 aliphatic heterocycles. The fourth-order valence-electron chi connectivity index (χ4n) is 1.24. The van der Waals surface area contributed by atoms with Gasteiger partial charge in [0.1, 0.15) is 11.9 Å². The third-order valence-electron chi connectivity index (χ3n) is 2.28. The van der Waals surface area contributed by atoms with Gasteiger partial charge in [0.2, 0.25) is 0 Å². The zero-order valence-electron chi connectivity index (χ0n) is 9.30. The van der Waals surface area contributed by atoms with E-state index in [4.69, 9.17) is 10.8 Å². The highest BCUT2D eigenvalue weighted by molar-refractivity contribution is 7.99. The molecule has 1 atom stereocenters. The number of nitrogens with zero attached hydrogens (tertiary/aromatic N) is 2. The van der Waals surface area contributed by atoms with Crippen molar-refractivity contribution in [2.75, 3.05) is 11.5 Å². The van der Waals surface area contributed by atoms with E-state index in [0.717, 1.165) is 23.8 Å². The lowest BCUT2D eigenvalue weighted by Crippen LogP contribution is -2.30. The van der Waals surface area contributed by atoms with Gasteiger partial charge in [0.15, 0.2) is 0 Å². The molecule has 0 fully saturated rings. The van der Waals surface area contributed by atoms with Crippen LogP contribution in [0, 0.1) is 0 Å². The summed E-state index contributed by atoms with van der Waals surface area (Å²) in [7, 11) is 1.97. The molecule has 5 nitrogen and oxygen atoms in total. The normalized spacial score (nSPS) is 12.6. The molecule has 0 aromatic carbocycles. The Labute approximate surface area is 99.0 Å². The third-order valence-corrected chi connectivity index (χ3v) is 3.30. The molecule has 3 N–H and O–H groups in total. The van der Waals surface area contributed by atoms with Gasteiger partial charge in [-0.2, -0.15) is 11.8 Å². The van der Waals surface area contributed by atoms with Gasteiger partial charge >= 0.3 is 5.97 Å². The van der Waals surface area contributed by atoms with Gasteiger partial charge in [-0.1, -0.05) is 0 Å². The molecular formula is C10H17N3O2S. The van der Waals surface area contributed by atoms with Crippen LogP contribution >= 0.6 is 11.8 Å². The highest BCUT2D eigenvalue weighted by Crippen LogP contribution is 2.07. The summed E-state index contributed by atoms with van der Waals surface area (Å²) in [5.41, 5.74) is 5.39. The molecule has 0 bridgehead atoms. The number of hydrogen-bond donors (Lipinski definition) is 2. The number of nitrogens with two attached hydrogens (primary N) is 1. The van der Waals surface area contributed by atoms with E-state index in [0.29, 0.717) is 6.42 Å². The largest absolute Gasteiger partial charge is 0.480 e. The van der Waals surface area contributed by atoms with E-state index in [1.165, 1.54) is 0 Å². The summed E-state index contributed by atoms with van der Waals surface area (Å²) in [5, 5.41) is 8.58. The quantitative estimate of drug-likeness (QED) is 0.681. The van der Waals surface area contributed by atoms with Gasteiger partial charge in [0.25, 0.3) is 0 Å². The lowest BCUT2D eigenvalue weighted by Gasteiger charge is -2.05. The average Bonchev–Trinajstić information content (AvgIpc) is 2.63. The monoisotopic (exact) mass is 243 g/mol. The first-order valence-electron chi connectivity index (χ1n) is 5.13. The predicted octanol–water partition coefficient (Wildman–Crippen LogP) is 0.498. The summed E-state index contributed by atoms with van der Waals surface area (Å²) in [4.78, 5) is 14.7. The number of carbonyl (C=O) groups is 1. The van der Waals surface area contributed by atoms with Gasteiger partial charge in [-0.15, -0.1) is 0 Å². The highest BCUT2D eigenvalue weighted by Gasteiger charge is 2.10. The minimum atomic E-state index is -0.926. The van der Waals surface area contributed by atoms with Crippen molar-refractivity contribution in [2.24, 2.45) is 12.8 Å². The number of rotatable bonds is 7. The van der Waals surface area contributed by atoms with Crippen LogP contribution in [0.1, 0.15) is 12.2 Å². The Hall–Kier alpha value is -1.01. The number of carboxylic acid groups (broad SMARTS) is 1. The van der Waals surface area contributed by atoms with Gasteiger partial charge < -0.3 is 15.4 Å². The number of aromatic nitrogens is 2. The van der Waals surface area contributed by atoms with Crippen LogP contribution in [-0.4, -0.2) is 38.2 Å². The van der Waals surface area contributed by atoms with E-state index in [9.17, 15) is 4.79 Å². The Bertz CT molecular complexity index is 341. The fourth-order valence-corrected chi connectivity index (χ4v) is 2.19. The molecule has 6 heteroatoms. The van der Waals surface area contributed by atoms with Crippen LogP contribution in [0.3, 0.4) is 0 Å².